The highest BCUT2D eigenvalue weighted by Gasteiger charge is 2.25. The molecule has 1 aliphatic rings. The van der Waals surface area contributed by atoms with Crippen LogP contribution in [0.5, 0.6) is 5.75 Å². The Labute approximate surface area is 152 Å². The Morgan fingerprint density at radius 1 is 1.27 bits per heavy atom. The Morgan fingerprint density at radius 3 is 2.58 bits per heavy atom. The van der Waals surface area contributed by atoms with Crippen LogP contribution < -0.4 is 10.5 Å². The molecule has 0 saturated carbocycles. The normalized spacial score (nSPS) is 16.5. The first kappa shape index (κ1) is 18.3. The highest BCUT2D eigenvalue weighted by molar-refractivity contribution is 5.78. The molecule has 1 aromatic heterocycles. The summed E-state index contributed by atoms with van der Waals surface area (Å²) in [6.07, 6.45) is 0. The molecule has 26 heavy (non-hydrogen) atoms. The van der Waals surface area contributed by atoms with E-state index in [9.17, 15) is 4.79 Å². The lowest BCUT2D eigenvalue weighted by atomic mass is 10.1. The van der Waals surface area contributed by atoms with E-state index >= 15 is 0 Å². The fourth-order valence-corrected chi connectivity index (χ4v) is 2.91. The molecule has 2 aromatic rings. The zero-order chi connectivity index (χ0) is 18.5. The van der Waals surface area contributed by atoms with Gasteiger partial charge in [-0.2, -0.15) is 4.98 Å². The predicted molar refractivity (Wildman–Crippen MR) is 96.4 cm³/mol. The lowest BCUT2D eigenvalue weighted by Crippen LogP contribution is -2.50. The number of nitrogens with zero attached hydrogens (tertiary/aromatic N) is 4. The van der Waals surface area contributed by atoms with Crippen LogP contribution in [0.4, 0.5) is 0 Å². The molecule has 140 valence electrons. The molecule has 1 atom stereocenters. The Kier molecular flexibility index (Phi) is 5.85. The number of nitrogens with two attached hydrogens (primary N) is 1. The monoisotopic (exact) mass is 359 g/mol. The maximum absolute atomic E-state index is 12.2. The Balaban J connectivity index is 1.54. The number of aromatic nitrogens is 2. The third-order valence-electron chi connectivity index (χ3n) is 4.63. The fraction of sp³-hybridized carbons (Fsp3) is 0.500. The largest absolute Gasteiger partial charge is 0.497 e. The second-order valence-electron chi connectivity index (χ2n) is 6.48. The lowest BCUT2D eigenvalue weighted by molar-refractivity contribution is -0.136. The molecule has 8 nitrogen and oxygen atoms in total. The van der Waals surface area contributed by atoms with E-state index in [1.54, 1.807) is 7.11 Å². The molecule has 1 saturated heterocycles. The van der Waals surface area contributed by atoms with Gasteiger partial charge < -0.3 is 19.9 Å². The van der Waals surface area contributed by atoms with Crippen molar-refractivity contribution in [2.75, 3.05) is 39.8 Å². The number of piperazine rings is 1. The van der Waals surface area contributed by atoms with E-state index in [1.165, 1.54) is 0 Å². The third kappa shape index (κ3) is 4.20. The van der Waals surface area contributed by atoms with Crippen molar-refractivity contribution < 1.29 is 14.1 Å². The summed E-state index contributed by atoms with van der Waals surface area (Å²) < 4.78 is 10.5. The standard InChI is InChI=1S/C18H25N5O3/c1-13(11-19)18(24)23-9-7-22(8-10-23)12-16-20-17(21-26-16)14-3-5-15(25-2)6-4-14/h3-6,13H,7-12,19H2,1-2H3. The van der Waals surface area contributed by atoms with Gasteiger partial charge in [-0.3, -0.25) is 9.69 Å². The summed E-state index contributed by atoms with van der Waals surface area (Å²) >= 11 is 0. The average Bonchev–Trinajstić information content (AvgIpc) is 3.16. The van der Waals surface area contributed by atoms with Crippen LogP contribution in [0.2, 0.25) is 0 Å². The van der Waals surface area contributed by atoms with E-state index in [0.717, 1.165) is 24.4 Å². The number of benzene rings is 1. The van der Waals surface area contributed by atoms with Crippen molar-refractivity contribution in [3.63, 3.8) is 0 Å². The summed E-state index contributed by atoms with van der Waals surface area (Å²) in [4.78, 5) is 20.7. The number of hydrogen-bond donors (Lipinski definition) is 1. The first-order valence-electron chi connectivity index (χ1n) is 8.79. The van der Waals surface area contributed by atoms with Crippen LogP contribution >= 0.6 is 0 Å². The molecule has 2 N–H and O–H groups in total. The Hall–Kier alpha value is -2.45. The molecule has 1 fully saturated rings. The fourth-order valence-electron chi connectivity index (χ4n) is 2.91. The van der Waals surface area contributed by atoms with Gasteiger partial charge in [0.25, 0.3) is 0 Å². The minimum atomic E-state index is -0.121. The van der Waals surface area contributed by atoms with Crippen molar-refractivity contribution in [1.29, 1.82) is 0 Å². The number of hydrogen-bond acceptors (Lipinski definition) is 7. The van der Waals surface area contributed by atoms with E-state index in [0.29, 0.717) is 37.9 Å². The van der Waals surface area contributed by atoms with Gasteiger partial charge in [0.05, 0.1) is 13.7 Å². The molecule has 1 unspecified atom stereocenters. The van der Waals surface area contributed by atoms with Crippen molar-refractivity contribution in [1.82, 2.24) is 19.9 Å². The van der Waals surface area contributed by atoms with Gasteiger partial charge in [0.2, 0.25) is 17.6 Å². The SMILES string of the molecule is COc1ccc(-c2noc(CN3CCN(C(=O)C(C)CN)CC3)n2)cc1. The molecule has 0 spiro atoms. The molecule has 0 radical (unpaired) electrons. The van der Waals surface area contributed by atoms with Crippen LogP contribution in [0.15, 0.2) is 28.8 Å². The molecule has 1 amide bonds. The molecule has 0 bridgehead atoms. The molecule has 1 aromatic carbocycles. The first-order valence-corrected chi connectivity index (χ1v) is 8.79. The average molecular weight is 359 g/mol. The first-order chi connectivity index (χ1) is 12.6. The van der Waals surface area contributed by atoms with Gasteiger partial charge in [0, 0.05) is 44.2 Å². The molecule has 1 aliphatic heterocycles. The van der Waals surface area contributed by atoms with Crippen molar-refractivity contribution in [2.45, 2.75) is 13.5 Å². The Morgan fingerprint density at radius 2 is 1.96 bits per heavy atom. The number of carbonyl (C=O) groups excluding carboxylic acids is 1. The molecule has 2 heterocycles. The van der Waals surface area contributed by atoms with Gasteiger partial charge >= 0.3 is 0 Å². The van der Waals surface area contributed by atoms with Crippen LogP contribution in [-0.4, -0.2) is 65.7 Å². The van der Waals surface area contributed by atoms with E-state index in [2.05, 4.69) is 15.0 Å². The highest BCUT2D eigenvalue weighted by Crippen LogP contribution is 2.20. The lowest BCUT2D eigenvalue weighted by Gasteiger charge is -2.35. The van der Waals surface area contributed by atoms with Crippen molar-refractivity contribution in [3.8, 4) is 17.1 Å². The van der Waals surface area contributed by atoms with Gasteiger partial charge in [-0.15, -0.1) is 0 Å². The number of methoxy groups -OCH3 is 1. The number of carbonyl (C=O) groups is 1. The summed E-state index contributed by atoms with van der Waals surface area (Å²) in [5, 5.41) is 4.05. The predicted octanol–water partition coefficient (Wildman–Crippen LogP) is 0.984. The van der Waals surface area contributed by atoms with E-state index in [-0.39, 0.29) is 11.8 Å². The number of amides is 1. The van der Waals surface area contributed by atoms with Crippen molar-refractivity contribution in [3.05, 3.63) is 30.2 Å². The van der Waals surface area contributed by atoms with E-state index < -0.39 is 0 Å². The quantitative estimate of drug-likeness (QED) is 0.821. The van der Waals surface area contributed by atoms with Gasteiger partial charge in [0.1, 0.15) is 5.75 Å². The zero-order valence-electron chi connectivity index (χ0n) is 15.2. The van der Waals surface area contributed by atoms with Crippen LogP contribution in [0, 0.1) is 5.92 Å². The van der Waals surface area contributed by atoms with Crippen LogP contribution in [0.25, 0.3) is 11.4 Å². The maximum Gasteiger partial charge on any atom is 0.241 e. The van der Waals surface area contributed by atoms with E-state index in [4.69, 9.17) is 15.0 Å². The Bertz CT molecular complexity index is 723. The van der Waals surface area contributed by atoms with Crippen molar-refractivity contribution in [2.24, 2.45) is 11.7 Å². The maximum atomic E-state index is 12.2. The van der Waals surface area contributed by atoms with Crippen LogP contribution in [0.1, 0.15) is 12.8 Å². The summed E-state index contributed by atoms with van der Waals surface area (Å²) in [5.74, 6) is 1.93. The van der Waals surface area contributed by atoms with Gasteiger partial charge in [-0.1, -0.05) is 12.1 Å². The minimum absolute atomic E-state index is 0.121. The number of ether oxygens (including phenoxy) is 1. The van der Waals surface area contributed by atoms with Gasteiger partial charge in [-0.05, 0) is 24.3 Å². The summed E-state index contributed by atoms with van der Waals surface area (Å²) in [7, 11) is 1.63. The highest BCUT2D eigenvalue weighted by atomic mass is 16.5. The summed E-state index contributed by atoms with van der Waals surface area (Å²) in [6.45, 7) is 5.79. The molecular formula is C18H25N5O3. The van der Waals surface area contributed by atoms with Gasteiger partial charge in [0.15, 0.2) is 0 Å². The smallest absolute Gasteiger partial charge is 0.241 e. The number of rotatable bonds is 6. The summed E-state index contributed by atoms with van der Waals surface area (Å²) in [6, 6.07) is 7.53. The van der Waals surface area contributed by atoms with Crippen LogP contribution in [0.3, 0.4) is 0 Å². The van der Waals surface area contributed by atoms with Crippen molar-refractivity contribution >= 4 is 5.91 Å². The molecule has 3 rings (SSSR count). The second kappa shape index (κ2) is 8.29. The minimum Gasteiger partial charge on any atom is -0.497 e. The molecular weight excluding hydrogens is 334 g/mol. The topological polar surface area (TPSA) is 97.7 Å². The molecule has 8 heteroatoms. The molecule has 0 aliphatic carbocycles. The van der Waals surface area contributed by atoms with Gasteiger partial charge in [-0.25, -0.2) is 0 Å². The summed E-state index contributed by atoms with van der Waals surface area (Å²) in [5.41, 5.74) is 6.46. The third-order valence-corrected chi connectivity index (χ3v) is 4.63. The second-order valence-corrected chi connectivity index (χ2v) is 6.48. The van der Waals surface area contributed by atoms with Crippen LogP contribution in [-0.2, 0) is 11.3 Å². The zero-order valence-corrected chi connectivity index (χ0v) is 15.2. The van der Waals surface area contributed by atoms with E-state index in [1.807, 2.05) is 36.1 Å².